The predicted octanol–water partition coefficient (Wildman–Crippen LogP) is 4.74. The summed E-state index contributed by atoms with van der Waals surface area (Å²) in [5.41, 5.74) is 4.31. The van der Waals surface area contributed by atoms with Crippen LogP contribution in [0, 0.1) is 0 Å². The van der Waals surface area contributed by atoms with Crippen molar-refractivity contribution in [2.24, 2.45) is 0 Å². The van der Waals surface area contributed by atoms with Gasteiger partial charge in [-0.2, -0.15) is 3.97 Å². The molecule has 0 saturated carbocycles. The molecule has 0 aliphatic carbocycles. The van der Waals surface area contributed by atoms with Gasteiger partial charge in [0.15, 0.2) is 11.5 Å². The fraction of sp³-hybridized carbons (Fsp3) is 0.323. The minimum atomic E-state index is -1.40. The molecule has 0 aliphatic rings. The summed E-state index contributed by atoms with van der Waals surface area (Å²) in [5, 5.41) is 7.12. The number of rotatable bonds is 14. The Hall–Kier alpha value is -4.10. The lowest BCUT2D eigenvalue weighted by Gasteiger charge is -2.27. The van der Waals surface area contributed by atoms with Crippen LogP contribution in [0.15, 0.2) is 67.5 Å². The van der Waals surface area contributed by atoms with E-state index in [4.69, 9.17) is 9.72 Å². The summed E-state index contributed by atoms with van der Waals surface area (Å²) in [5.74, 6) is 0.581. The molecule has 43 heavy (non-hydrogen) atoms. The Bertz CT molecular complexity index is 1570. The molecule has 2 N–H and O–H groups in total. The van der Waals surface area contributed by atoms with Crippen LogP contribution in [-0.4, -0.2) is 88.0 Å². The fourth-order valence-electron chi connectivity index (χ4n) is 4.74. The summed E-state index contributed by atoms with van der Waals surface area (Å²) in [6.07, 6.45) is 4.75. The van der Waals surface area contributed by atoms with Crippen molar-refractivity contribution in [2.45, 2.75) is 13.8 Å². The van der Waals surface area contributed by atoms with Gasteiger partial charge >= 0.3 is 0 Å². The van der Waals surface area contributed by atoms with Crippen molar-refractivity contribution >= 4 is 51.4 Å². The van der Waals surface area contributed by atoms with Gasteiger partial charge in [-0.05, 0) is 37.4 Å². The van der Waals surface area contributed by atoms with Gasteiger partial charge in [-0.1, -0.05) is 38.6 Å². The quantitative estimate of drug-likeness (QED) is 0.156. The topological polar surface area (TPSA) is 114 Å². The summed E-state index contributed by atoms with van der Waals surface area (Å²) in [6.45, 7) is 11.4. The van der Waals surface area contributed by atoms with Crippen LogP contribution < -0.4 is 20.3 Å². The third-order valence-corrected chi connectivity index (χ3v) is 8.42. The number of carbonyl (C=O) groups excluding carboxylic acids is 1. The van der Waals surface area contributed by atoms with Gasteiger partial charge in [0, 0.05) is 57.4 Å². The van der Waals surface area contributed by atoms with E-state index in [9.17, 15) is 9.35 Å². The van der Waals surface area contributed by atoms with Crippen molar-refractivity contribution in [3.05, 3.63) is 67.5 Å². The smallest absolute Gasteiger partial charge is 0.247 e. The molecule has 2 aromatic heterocycles. The third-order valence-electron chi connectivity index (χ3n) is 7.16. The number of fused-ring (bicyclic) bond motifs is 1. The van der Waals surface area contributed by atoms with E-state index in [1.54, 1.807) is 35.7 Å². The van der Waals surface area contributed by atoms with Gasteiger partial charge in [0.25, 0.3) is 0 Å². The molecule has 0 saturated heterocycles. The van der Waals surface area contributed by atoms with Crippen LogP contribution in [0.3, 0.4) is 0 Å². The highest BCUT2D eigenvalue weighted by Crippen LogP contribution is 2.38. The molecule has 12 heteroatoms. The number of aromatic nitrogens is 3. The monoisotopic (exact) mass is 604 g/mol. The Kier molecular flexibility index (Phi) is 10.6. The highest BCUT2D eigenvalue weighted by molar-refractivity contribution is 7.87. The van der Waals surface area contributed by atoms with Crippen LogP contribution in [-0.2, 0) is 16.3 Å². The van der Waals surface area contributed by atoms with Crippen LogP contribution in [0.5, 0.6) is 5.75 Å². The molecule has 1 unspecified atom stereocenters. The normalized spacial score (nSPS) is 12.0. The zero-order valence-electron chi connectivity index (χ0n) is 25.6. The molecule has 2 heterocycles. The first kappa shape index (κ1) is 31.8. The molecule has 2 aromatic carbocycles. The maximum absolute atomic E-state index is 13.0. The first-order valence-corrected chi connectivity index (χ1v) is 15.2. The van der Waals surface area contributed by atoms with E-state index in [-0.39, 0.29) is 5.91 Å². The lowest BCUT2D eigenvalue weighted by atomic mass is 10.1. The van der Waals surface area contributed by atoms with Crippen LogP contribution in [0.4, 0.5) is 23.0 Å². The first-order chi connectivity index (χ1) is 20.7. The highest BCUT2D eigenvalue weighted by Gasteiger charge is 2.22. The number of nitrogens with one attached hydrogen (secondary N) is 2. The summed E-state index contributed by atoms with van der Waals surface area (Å²) < 4.78 is 22.1. The number of likely N-dealkylation sites (N-methyl/N-ethyl adjacent to an activating group) is 2. The molecule has 0 spiro atoms. The Morgan fingerprint density at radius 2 is 1.86 bits per heavy atom. The molecule has 0 bridgehead atoms. The van der Waals surface area contributed by atoms with Crippen molar-refractivity contribution in [2.75, 3.05) is 70.0 Å². The minimum absolute atomic E-state index is 0.320. The number of amides is 1. The number of anilines is 4. The van der Waals surface area contributed by atoms with E-state index in [1.165, 1.54) is 6.08 Å². The fourth-order valence-corrected chi connectivity index (χ4v) is 5.61. The lowest BCUT2D eigenvalue weighted by molar-refractivity contribution is -0.111. The van der Waals surface area contributed by atoms with Gasteiger partial charge in [0.2, 0.25) is 11.9 Å². The molecule has 0 fully saturated rings. The Morgan fingerprint density at radius 1 is 1.12 bits per heavy atom. The van der Waals surface area contributed by atoms with E-state index in [0.29, 0.717) is 28.8 Å². The first-order valence-electron chi connectivity index (χ1n) is 14.1. The Labute approximate surface area is 256 Å². The largest absolute Gasteiger partial charge is 0.573 e. The van der Waals surface area contributed by atoms with Gasteiger partial charge in [-0.3, -0.25) is 4.79 Å². The maximum atomic E-state index is 13.0. The van der Waals surface area contributed by atoms with E-state index in [2.05, 4.69) is 45.8 Å². The van der Waals surface area contributed by atoms with E-state index >= 15 is 0 Å². The standard InChI is InChI=1S/C31H40N8O3S/c1-8-30(40)33-25-19-26(29(42-7)20-28(25)37(6)17-18-38(9-2)10-3)35-31-32-16-15-24(34-31)23-21-39(43(41)36(4)5)27-14-12-11-13-22(23)27/h8,11-16,19-21H,1,9-10,17-18H2,2-7H3,(H,33,40)(H,32,34,35). The van der Waals surface area contributed by atoms with E-state index in [1.807, 2.05) is 55.7 Å². The molecule has 0 aliphatic heterocycles. The molecule has 4 rings (SSSR count). The van der Waals surface area contributed by atoms with Crippen LogP contribution in [0.1, 0.15) is 13.8 Å². The third kappa shape index (κ3) is 7.28. The number of carbonyl (C=O) groups is 1. The summed E-state index contributed by atoms with van der Waals surface area (Å²) in [6, 6.07) is 13.3. The number of benzene rings is 2. The Morgan fingerprint density at radius 3 is 2.53 bits per heavy atom. The van der Waals surface area contributed by atoms with Crippen molar-refractivity contribution in [3.8, 4) is 17.0 Å². The average molecular weight is 605 g/mol. The molecular formula is C31H40N8O3S. The number of methoxy groups -OCH3 is 1. The van der Waals surface area contributed by atoms with E-state index < -0.39 is 11.5 Å². The SMILES string of the molecule is C=CC(=O)Nc1cc(Nc2nccc(-c3cn([S+]([O-])N(C)C)c4ccccc34)n2)c(OC)cc1N(C)CCN(CC)CC. The van der Waals surface area contributed by atoms with Gasteiger partial charge in [-0.15, -0.1) is 4.31 Å². The predicted molar refractivity (Wildman–Crippen MR) is 176 cm³/mol. The van der Waals surface area contributed by atoms with Crippen LogP contribution >= 0.6 is 0 Å². The molecule has 11 nitrogen and oxygen atoms in total. The highest BCUT2D eigenvalue weighted by atomic mass is 32.2. The number of hydrogen-bond acceptors (Lipinski definition) is 9. The average Bonchev–Trinajstić information content (AvgIpc) is 3.41. The number of ether oxygens (including phenoxy) is 1. The van der Waals surface area contributed by atoms with Crippen LogP contribution in [0.25, 0.3) is 22.2 Å². The van der Waals surface area contributed by atoms with Crippen molar-refractivity contribution in [3.63, 3.8) is 0 Å². The van der Waals surface area contributed by atoms with Gasteiger partial charge in [0.1, 0.15) is 11.3 Å². The summed E-state index contributed by atoms with van der Waals surface area (Å²) in [4.78, 5) is 26.0. The second kappa shape index (κ2) is 14.4. The molecule has 0 radical (unpaired) electrons. The van der Waals surface area contributed by atoms with Gasteiger partial charge in [0.05, 0.1) is 36.1 Å². The second-order valence-corrected chi connectivity index (χ2v) is 11.6. The molecule has 228 valence electrons. The number of hydrogen-bond donors (Lipinski definition) is 2. The zero-order valence-corrected chi connectivity index (χ0v) is 26.4. The Balaban J connectivity index is 1.71. The van der Waals surface area contributed by atoms with Crippen LogP contribution in [0.2, 0.25) is 0 Å². The molecule has 1 atom stereocenters. The molecule has 1 amide bonds. The van der Waals surface area contributed by atoms with Crippen molar-refractivity contribution < 1.29 is 14.1 Å². The van der Waals surface area contributed by atoms with Gasteiger partial charge < -0.3 is 29.7 Å². The summed E-state index contributed by atoms with van der Waals surface area (Å²) >= 11 is -1.40. The second-order valence-electron chi connectivity index (χ2n) is 10.0. The number of para-hydroxylation sites is 1. The molecule has 4 aromatic rings. The lowest BCUT2D eigenvalue weighted by Crippen LogP contribution is -2.33. The molecular weight excluding hydrogens is 564 g/mol. The number of nitrogens with zero attached hydrogens (tertiary/aromatic N) is 6. The van der Waals surface area contributed by atoms with Crippen molar-refractivity contribution in [1.29, 1.82) is 0 Å². The zero-order chi connectivity index (χ0) is 31.1. The minimum Gasteiger partial charge on any atom is -0.573 e. The van der Waals surface area contributed by atoms with E-state index in [0.717, 1.165) is 48.3 Å². The van der Waals surface area contributed by atoms with Gasteiger partial charge in [-0.25, -0.2) is 9.97 Å². The summed E-state index contributed by atoms with van der Waals surface area (Å²) in [7, 11) is 7.12. The maximum Gasteiger partial charge on any atom is 0.247 e. The van der Waals surface area contributed by atoms with Crippen molar-refractivity contribution in [1.82, 2.24) is 23.1 Å².